The van der Waals surface area contributed by atoms with Gasteiger partial charge in [0.1, 0.15) is 0 Å². The van der Waals surface area contributed by atoms with E-state index < -0.39 is 0 Å². The molecular formula is C21H22. The van der Waals surface area contributed by atoms with Crippen molar-refractivity contribution in [3.05, 3.63) is 76.4 Å². The van der Waals surface area contributed by atoms with Crippen LogP contribution in [-0.4, -0.2) is 0 Å². The van der Waals surface area contributed by atoms with Gasteiger partial charge in [-0.1, -0.05) is 48.6 Å². The van der Waals surface area contributed by atoms with Crippen molar-refractivity contribution in [3.63, 3.8) is 0 Å². The highest BCUT2D eigenvalue weighted by Gasteiger charge is 2.14. The maximum absolute atomic E-state index is 2.30. The SMILES string of the molecule is CC1=C(c2ccc(-c3ccccc3C)c(C)c2C)CC=C1. The van der Waals surface area contributed by atoms with Crippen molar-refractivity contribution in [1.82, 2.24) is 0 Å². The van der Waals surface area contributed by atoms with Gasteiger partial charge in [-0.05, 0) is 78.6 Å². The summed E-state index contributed by atoms with van der Waals surface area (Å²) in [5.74, 6) is 0. The van der Waals surface area contributed by atoms with E-state index >= 15 is 0 Å². The first kappa shape index (κ1) is 13.9. The van der Waals surface area contributed by atoms with Crippen molar-refractivity contribution in [3.8, 4) is 11.1 Å². The predicted octanol–water partition coefficient (Wildman–Crippen LogP) is 6.01. The maximum atomic E-state index is 2.30. The van der Waals surface area contributed by atoms with E-state index in [-0.39, 0.29) is 0 Å². The summed E-state index contributed by atoms with van der Waals surface area (Å²) in [5, 5.41) is 0. The number of hydrogen-bond donors (Lipinski definition) is 0. The summed E-state index contributed by atoms with van der Waals surface area (Å²) >= 11 is 0. The zero-order valence-electron chi connectivity index (χ0n) is 13.3. The van der Waals surface area contributed by atoms with Gasteiger partial charge in [-0.25, -0.2) is 0 Å². The van der Waals surface area contributed by atoms with Gasteiger partial charge >= 0.3 is 0 Å². The summed E-state index contributed by atoms with van der Waals surface area (Å²) in [5.41, 5.74) is 11.1. The third-order valence-electron chi connectivity index (χ3n) is 4.71. The van der Waals surface area contributed by atoms with Gasteiger partial charge in [0.15, 0.2) is 0 Å². The average Bonchev–Trinajstić information content (AvgIpc) is 2.89. The van der Waals surface area contributed by atoms with Crippen LogP contribution >= 0.6 is 0 Å². The number of hydrogen-bond acceptors (Lipinski definition) is 0. The molecule has 0 saturated carbocycles. The molecule has 0 spiro atoms. The second-order valence-corrected chi connectivity index (χ2v) is 5.99. The third kappa shape index (κ3) is 2.35. The van der Waals surface area contributed by atoms with Crippen LogP contribution in [0.1, 0.15) is 35.6 Å². The lowest BCUT2D eigenvalue weighted by Crippen LogP contribution is -1.96. The van der Waals surface area contributed by atoms with E-state index in [1.807, 2.05) is 0 Å². The summed E-state index contributed by atoms with van der Waals surface area (Å²) in [7, 11) is 0. The molecule has 1 aliphatic carbocycles. The van der Waals surface area contributed by atoms with Crippen LogP contribution in [0, 0.1) is 20.8 Å². The Hall–Kier alpha value is -2.08. The number of rotatable bonds is 2. The largest absolute Gasteiger partial charge is 0.0798 e. The summed E-state index contributed by atoms with van der Waals surface area (Å²) in [6.07, 6.45) is 5.56. The van der Waals surface area contributed by atoms with Crippen molar-refractivity contribution in [2.75, 3.05) is 0 Å². The van der Waals surface area contributed by atoms with Crippen LogP contribution in [-0.2, 0) is 0 Å². The molecule has 0 atom stereocenters. The molecule has 21 heavy (non-hydrogen) atoms. The highest BCUT2D eigenvalue weighted by atomic mass is 14.2. The number of aryl methyl sites for hydroxylation is 1. The Kier molecular flexibility index (Phi) is 3.55. The van der Waals surface area contributed by atoms with Crippen molar-refractivity contribution < 1.29 is 0 Å². The molecule has 0 bridgehead atoms. The quantitative estimate of drug-likeness (QED) is 0.629. The molecule has 0 heteroatoms. The average molecular weight is 274 g/mol. The second-order valence-electron chi connectivity index (χ2n) is 5.99. The molecule has 0 aromatic heterocycles. The van der Waals surface area contributed by atoms with Crippen molar-refractivity contribution in [2.45, 2.75) is 34.1 Å². The normalized spacial score (nSPS) is 14.1. The zero-order chi connectivity index (χ0) is 15.0. The molecule has 0 radical (unpaired) electrons. The molecule has 0 saturated heterocycles. The van der Waals surface area contributed by atoms with Gasteiger partial charge in [-0.2, -0.15) is 0 Å². The summed E-state index contributed by atoms with van der Waals surface area (Å²) in [6, 6.07) is 13.2. The van der Waals surface area contributed by atoms with E-state index in [0.29, 0.717) is 0 Å². The van der Waals surface area contributed by atoms with Crippen LogP contribution in [0.2, 0.25) is 0 Å². The van der Waals surface area contributed by atoms with Crippen molar-refractivity contribution in [1.29, 1.82) is 0 Å². The lowest BCUT2D eigenvalue weighted by atomic mass is 9.88. The minimum Gasteiger partial charge on any atom is -0.0798 e. The second kappa shape index (κ2) is 5.37. The Labute approximate surface area is 127 Å². The summed E-state index contributed by atoms with van der Waals surface area (Å²) < 4.78 is 0. The molecule has 0 heterocycles. The van der Waals surface area contributed by atoms with Crippen LogP contribution in [0.5, 0.6) is 0 Å². The lowest BCUT2D eigenvalue weighted by Gasteiger charge is -2.16. The first-order valence-electron chi connectivity index (χ1n) is 7.62. The van der Waals surface area contributed by atoms with Gasteiger partial charge in [0.25, 0.3) is 0 Å². The van der Waals surface area contributed by atoms with E-state index in [0.717, 1.165) is 6.42 Å². The topological polar surface area (TPSA) is 0 Å². The minimum absolute atomic E-state index is 1.07. The van der Waals surface area contributed by atoms with E-state index in [1.165, 1.54) is 44.5 Å². The van der Waals surface area contributed by atoms with Gasteiger partial charge < -0.3 is 0 Å². The van der Waals surface area contributed by atoms with Gasteiger partial charge in [0, 0.05) is 0 Å². The molecule has 3 rings (SSSR count). The van der Waals surface area contributed by atoms with Crippen LogP contribution < -0.4 is 0 Å². The monoisotopic (exact) mass is 274 g/mol. The van der Waals surface area contributed by atoms with E-state index in [1.54, 1.807) is 0 Å². The Morgan fingerprint density at radius 2 is 1.38 bits per heavy atom. The van der Waals surface area contributed by atoms with Gasteiger partial charge in [-0.15, -0.1) is 0 Å². The lowest BCUT2D eigenvalue weighted by molar-refractivity contribution is 1.28. The van der Waals surface area contributed by atoms with Crippen LogP contribution in [0.25, 0.3) is 16.7 Å². The van der Waals surface area contributed by atoms with Crippen molar-refractivity contribution >= 4 is 5.57 Å². The molecule has 0 nitrogen and oxygen atoms in total. The molecule has 106 valence electrons. The molecule has 0 aliphatic heterocycles. The zero-order valence-corrected chi connectivity index (χ0v) is 13.3. The highest BCUT2D eigenvalue weighted by Crippen LogP contribution is 2.36. The highest BCUT2D eigenvalue weighted by molar-refractivity contribution is 5.80. The molecule has 1 aliphatic rings. The smallest absolute Gasteiger partial charge is 0.00856 e. The standard InChI is InChI=1S/C21H22/c1-14-8-5-6-10-18(14)20-12-13-21(17(4)16(20)3)19-11-7-9-15(19)2/h5-10,12-13H,11H2,1-4H3. The predicted molar refractivity (Wildman–Crippen MR) is 92.4 cm³/mol. The van der Waals surface area contributed by atoms with Gasteiger partial charge in [-0.3, -0.25) is 0 Å². The molecule has 0 fully saturated rings. The van der Waals surface area contributed by atoms with Crippen LogP contribution in [0.3, 0.4) is 0 Å². The first-order valence-corrected chi connectivity index (χ1v) is 7.62. The first-order chi connectivity index (χ1) is 10.1. The Morgan fingerprint density at radius 1 is 0.714 bits per heavy atom. The summed E-state index contributed by atoms with van der Waals surface area (Å²) in [6.45, 7) is 8.90. The fraction of sp³-hybridized carbons (Fsp3) is 0.238. The van der Waals surface area contributed by atoms with Crippen LogP contribution in [0.4, 0.5) is 0 Å². The fourth-order valence-corrected chi connectivity index (χ4v) is 3.25. The van der Waals surface area contributed by atoms with E-state index in [9.17, 15) is 0 Å². The van der Waals surface area contributed by atoms with E-state index in [4.69, 9.17) is 0 Å². The van der Waals surface area contributed by atoms with Gasteiger partial charge in [0.05, 0.1) is 0 Å². The van der Waals surface area contributed by atoms with Gasteiger partial charge in [0.2, 0.25) is 0 Å². The van der Waals surface area contributed by atoms with E-state index in [2.05, 4.69) is 76.2 Å². The Bertz CT molecular complexity index is 758. The Morgan fingerprint density at radius 3 is 2.05 bits per heavy atom. The summed E-state index contributed by atoms with van der Waals surface area (Å²) in [4.78, 5) is 0. The van der Waals surface area contributed by atoms with Crippen molar-refractivity contribution in [2.24, 2.45) is 0 Å². The fourth-order valence-electron chi connectivity index (χ4n) is 3.25. The number of allylic oxidation sites excluding steroid dienone is 4. The Balaban J connectivity index is 2.14. The molecule has 0 unspecified atom stereocenters. The van der Waals surface area contributed by atoms with Crippen LogP contribution in [0.15, 0.2) is 54.1 Å². The third-order valence-corrected chi connectivity index (χ3v) is 4.71. The molecular weight excluding hydrogens is 252 g/mol. The number of benzene rings is 2. The minimum atomic E-state index is 1.07. The molecule has 2 aromatic rings. The molecule has 2 aromatic carbocycles. The molecule has 0 N–H and O–H groups in total. The molecule has 0 amide bonds. The maximum Gasteiger partial charge on any atom is -0.00856 e.